The number of hydrogen-bond acceptors (Lipinski definition) is 7. The first kappa shape index (κ1) is 15.4. The van der Waals surface area contributed by atoms with Crippen LogP contribution in [0.4, 0.5) is 17.5 Å². The summed E-state index contributed by atoms with van der Waals surface area (Å²) in [6.07, 6.45) is 3.25. The van der Waals surface area contributed by atoms with Crippen molar-refractivity contribution in [2.75, 3.05) is 17.6 Å². The van der Waals surface area contributed by atoms with E-state index in [1.54, 1.807) is 0 Å². The molecule has 8 heteroatoms. The van der Waals surface area contributed by atoms with Gasteiger partial charge in [-0.1, -0.05) is 6.92 Å². The van der Waals surface area contributed by atoms with Crippen molar-refractivity contribution in [3.05, 3.63) is 15.8 Å². The molecule has 0 radical (unpaired) electrons. The lowest BCUT2D eigenvalue weighted by atomic mass is 9.79. The van der Waals surface area contributed by atoms with Gasteiger partial charge in [-0.25, -0.2) is 4.98 Å². The van der Waals surface area contributed by atoms with Gasteiger partial charge in [0.05, 0.1) is 10.5 Å². The molecule has 1 aliphatic carbocycles. The van der Waals surface area contributed by atoms with Gasteiger partial charge in [-0.3, -0.25) is 10.1 Å². The van der Waals surface area contributed by atoms with Crippen LogP contribution in [-0.2, 0) is 0 Å². The van der Waals surface area contributed by atoms with Crippen LogP contribution in [0.1, 0.15) is 38.3 Å². The third-order valence-electron chi connectivity index (χ3n) is 4.05. The number of aromatic nitrogens is 2. The standard InChI is InChI=1S/C13H21N5O3/c1-8-3-5-13(19,6-4-8)7-15-11-10(18(20)21)9(2)16-12(14)17-11/h8,19H,3-7H2,1-2H3,(H3,14,15,16,17). The Balaban J connectivity index is 2.14. The van der Waals surface area contributed by atoms with Gasteiger partial charge < -0.3 is 16.2 Å². The highest BCUT2D eigenvalue weighted by Crippen LogP contribution is 2.33. The van der Waals surface area contributed by atoms with Gasteiger partial charge in [0.15, 0.2) is 0 Å². The number of aliphatic hydroxyl groups is 1. The van der Waals surface area contributed by atoms with Gasteiger partial charge in [-0.2, -0.15) is 4.98 Å². The van der Waals surface area contributed by atoms with Crippen LogP contribution in [0.5, 0.6) is 0 Å². The quantitative estimate of drug-likeness (QED) is 0.569. The van der Waals surface area contributed by atoms with Crippen molar-refractivity contribution >= 4 is 17.5 Å². The van der Waals surface area contributed by atoms with Gasteiger partial charge in [0.2, 0.25) is 11.8 Å². The molecule has 21 heavy (non-hydrogen) atoms. The fourth-order valence-corrected chi connectivity index (χ4v) is 2.65. The minimum atomic E-state index is -0.853. The Kier molecular flexibility index (Phi) is 4.26. The highest BCUT2D eigenvalue weighted by atomic mass is 16.6. The van der Waals surface area contributed by atoms with E-state index in [4.69, 9.17) is 5.73 Å². The van der Waals surface area contributed by atoms with Crippen molar-refractivity contribution < 1.29 is 10.0 Å². The van der Waals surface area contributed by atoms with Gasteiger partial charge in [-0.15, -0.1) is 0 Å². The Morgan fingerprint density at radius 1 is 1.48 bits per heavy atom. The van der Waals surface area contributed by atoms with Crippen LogP contribution in [0.15, 0.2) is 0 Å². The molecule has 1 fully saturated rings. The van der Waals surface area contributed by atoms with E-state index in [0.29, 0.717) is 18.8 Å². The maximum Gasteiger partial charge on any atom is 0.332 e. The lowest BCUT2D eigenvalue weighted by Gasteiger charge is -2.35. The number of rotatable bonds is 4. The van der Waals surface area contributed by atoms with Crippen LogP contribution in [0.3, 0.4) is 0 Å². The number of nitrogens with zero attached hydrogens (tertiary/aromatic N) is 3. The Bertz CT molecular complexity index is 541. The molecule has 4 N–H and O–H groups in total. The summed E-state index contributed by atoms with van der Waals surface area (Å²) < 4.78 is 0. The van der Waals surface area contributed by atoms with Crippen LogP contribution in [0.25, 0.3) is 0 Å². The zero-order valence-electron chi connectivity index (χ0n) is 12.3. The summed E-state index contributed by atoms with van der Waals surface area (Å²) in [5.74, 6) is 0.651. The number of nitro groups is 1. The second-order valence-corrected chi connectivity index (χ2v) is 5.88. The monoisotopic (exact) mass is 295 g/mol. The molecule has 1 aliphatic rings. The molecule has 0 aromatic carbocycles. The molecule has 0 bridgehead atoms. The van der Waals surface area contributed by atoms with Gasteiger partial charge in [0.1, 0.15) is 5.69 Å². The summed E-state index contributed by atoms with van der Waals surface area (Å²) in [5.41, 5.74) is 4.70. The number of nitrogens with one attached hydrogen (secondary N) is 1. The highest BCUT2D eigenvalue weighted by molar-refractivity contribution is 5.60. The van der Waals surface area contributed by atoms with E-state index in [1.165, 1.54) is 6.92 Å². The zero-order chi connectivity index (χ0) is 15.6. The van der Waals surface area contributed by atoms with Crippen LogP contribution >= 0.6 is 0 Å². The van der Waals surface area contributed by atoms with Gasteiger partial charge >= 0.3 is 5.69 Å². The third-order valence-corrected chi connectivity index (χ3v) is 4.05. The second-order valence-electron chi connectivity index (χ2n) is 5.88. The van der Waals surface area contributed by atoms with Crippen LogP contribution < -0.4 is 11.1 Å². The first-order valence-electron chi connectivity index (χ1n) is 7.05. The fraction of sp³-hybridized carbons (Fsp3) is 0.692. The molecule has 0 amide bonds. The minimum Gasteiger partial charge on any atom is -0.388 e. The van der Waals surface area contributed by atoms with E-state index in [-0.39, 0.29) is 29.7 Å². The lowest BCUT2D eigenvalue weighted by molar-refractivity contribution is -0.385. The maximum atomic E-state index is 11.1. The predicted molar refractivity (Wildman–Crippen MR) is 78.9 cm³/mol. The number of anilines is 2. The summed E-state index contributed by atoms with van der Waals surface area (Å²) >= 11 is 0. The van der Waals surface area contributed by atoms with E-state index >= 15 is 0 Å². The normalized spacial score (nSPS) is 25.6. The lowest BCUT2D eigenvalue weighted by Crippen LogP contribution is -2.40. The number of aryl methyl sites for hydroxylation is 1. The largest absolute Gasteiger partial charge is 0.388 e. The van der Waals surface area contributed by atoms with E-state index in [9.17, 15) is 15.2 Å². The fourth-order valence-electron chi connectivity index (χ4n) is 2.65. The third kappa shape index (κ3) is 3.57. The summed E-state index contributed by atoms with van der Waals surface area (Å²) in [6.45, 7) is 3.89. The van der Waals surface area contributed by atoms with Crippen molar-refractivity contribution in [2.24, 2.45) is 5.92 Å². The average molecular weight is 295 g/mol. The van der Waals surface area contributed by atoms with Crippen LogP contribution in [0, 0.1) is 23.0 Å². The Labute approximate surface area is 122 Å². The molecule has 0 unspecified atom stereocenters. The molecule has 8 nitrogen and oxygen atoms in total. The molecule has 1 saturated carbocycles. The Hall–Kier alpha value is -1.96. The summed E-state index contributed by atoms with van der Waals surface area (Å²) in [7, 11) is 0. The van der Waals surface area contributed by atoms with Crippen molar-refractivity contribution in [1.29, 1.82) is 0 Å². The molecular formula is C13H21N5O3. The van der Waals surface area contributed by atoms with Crippen LogP contribution in [-0.4, -0.2) is 32.1 Å². The predicted octanol–water partition coefficient (Wildman–Crippen LogP) is 1.63. The number of hydrogen-bond donors (Lipinski definition) is 3. The topological polar surface area (TPSA) is 127 Å². The smallest absolute Gasteiger partial charge is 0.332 e. The van der Waals surface area contributed by atoms with Crippen molar-refractivity contribution in [1.82, 2.24) is 9.97 Å². The number of nitrogen functional groups attached to an aromatic ring is 1. The van der Waals surface area contributed by atoms with Gasteiger partial charge in [0, 0.05) is 6.54 Å². The van der Waals surface area contributed by atoms with Crippen molar-refractivity contribution in [2.45, 2.75) is 45.1 Å². The van der Waals surface area contributed by atoms with Crippen LogP contribution in [0.2, 0.25) is 0 Å². The molecule has 2 rings (SSSR count). The summed E-state index contributed by atoms with van der Waals surface area (Å²) in [6, 6.07) is 0. The molecule has 1 aromatic heterocycles. The highest BCUT2D eigenvalue weighted by Gasteiger charge is 2.32. The molecule has 0 saturated heterocycles. The average Bonchev–Trinajstić information content (AvgIpc) is 2.39. The first-order valence-corrected chi connectivity index (χ1v) is 7.05. The molecule has 1 heterocycles. The first-order chi connectivity index (χ1) is 9.81. The molecule has 0 aliphatic heterocycles. The Morgan fingerprint density at radius 3 is 2.67 bits per heavy atom. The summed E-state index contributed by atoms with van der Waals surface area (Å²) in [4.78, 5) is 18.3. The van der Waals surface area contributed by atoms with Gasteiger partial charge in [-0.05, 0) is 38.5 Å². The Morgan fingerprint density at radius 2 is 2.10 bits per heavy atom. The molecular weight excluding hydrogens is 274 g/mol. The molecule has 1 aromatic rings. The van der Waals surface area contributed by atoms with Crippen molar-refractivity contribution in [3.8, 4) is 0 Å². The number of nitrogens with two attached hydrogens (primary N) is 1. The van der Waals surface area contributed by atoms with E-state index in [1.807, 2.05) is 0 Å². The van der Waals surface area contributed by atoms with E-state index in [2.05, 4.69) is 22.2 Å². The maximum absolute atomic E-state index is 11.1. The van der Waals surface area contributed by atoms with Gasteiger partial charge in [0.25, 0.3) is 0 Å². The van der Waals surface area contributed by atoms with E-state index < -0.39 is 10.5 Å². The molecule has 0 spiro atoms. The van der Waals surface area contributed by atoms with E-state index in [0.717, 1.165) is 12.8 Å². The zero-order valence-corrected chi connectivity index (χ0v) is 12.3. The SMILES string of the molecule is Cc1nc(N)nc(NCC2(O)CCC(C)CC2)c1[N+](=O)[O-]. The summed E-state index contributed by atoms with van der Waals surface area (Å²) in [5, 5.41) is 24.5. The molecule has 116 valence electrons. The second kappa shape index (κ2) is 5.80. The molecule has 0 atom stereocenters. The minimum absolute atomic E-state index is 0.0233. The van der Waals surface area contributed by atoms with Crippen molar-refractivity contribution in [3.63, 3.8) is 0 Å².